The first-order chi connectivity index (χ1) is 14.5. The number of hydrogen-bond donors (Lipinski definition) is 0. The summed E-state index contributed by atoms with van der Waals surface area (Å²) in [6.07, 6.45) is 0.420. The van der Waals surface area contributed by atoms with E-state index in [-0.39, 0.29) is 11.7 Å². The summed E-state index contributed by atoms with van der Waals surface area (Å²) in [7, 11) is 4.06. The zero-order valence-corrected chi connectivity index (χ0v) is 18.5. The normalized spacial score (nSPS) is 14.3. The van der Waals surface area contributed by atoms with Crippen LogP contribution in [0.5, 0.6) is 5.75 Å². The highest BCUT2D eigenvalue weighted by Crippen LogP contribution is 2.29. The standard InChI is InChI=1S/C23H30FN3O2S/c1-25(2)16-17-29-21-9-5-4-8-20(21)26-12-14-27(15-13-26)23(28)11-18-30-22-10-6-3-7-19(22)24/h3-10H,11-18H2,1-2H3. The van der Waals surface area contributed by atoms with Crippen molar-refractivity contribution in [3.05, 3.63) is 54.3 Å². The van der Waals surface area contributed by atoms with Gasteiger partial charge < -0.3 is 19.4 Å². The predicted octanol–water partition coefficient (Wildman–Crippen LogP) is 3.60. The summed E-state index contributed by atoms with van der Waals surface area (Å²) >= 11 is 1.40. The first kappa shape index (κ1) is 22.4. The number of benzene rings is 2. The van der Waals surface area contributed by atoms with Crippen LogP contribution in [0, 0.1) is 5.82 Å². The lowest BCUT2D eigenvalue weighted by molar-refractivity contribution is -0.131. The molecule has 1 amide bonds. The van der Waals surface area contributed by atoms with Crippen LogP contribution in [0.15, 0.2) is 53.4 Å². The molecule has 1 heterocycles. The fraction of sp³-hybridized carbons (Fsp3) is 0.435. The number of ether oxygens (including phenoxy) is 1. The van der Waals surface area contributed by atoms with Crippen LogP contribution in [0.2, 0.25) is 0 Å². The van der Waals surface area contributed by atoms with Gasteiger partial charge in [-0.2, -0.15) is 0 Å². The van der Waals surface area contributed by atoms with Crippen molar-refractivity contribution in [1.82, 2.24) is 9.80 Å². The Kier molecular flexibility index (Phi) is 8.39. The summed E-state index contributed by atoms with van der Waals surface area (Å²) < 4.78 is 19.7. The number of carbonyl (C=O) groups is 1. The predicted molar refractivity (Wildman–Crippen MR) is 121 cm³/mol. The van der Waals surface area contributed by atoms with Crippen LogP contribution in [0.25, 0.3) is 0 Å². The molecule has 3 rings (SSSR count). The Morgan fingerprint density at radius 1 is 1.07 bits per heavy atom. The van der Waals surface area contributed by atoms with E-state index in [0.717, 1.165) is 31.1 Å². The molecule has 1 aliphatic heterocycles. The number of carbonyl (C=O) groups excluding carboxylic acids is 1. The molecule has 1 saturated heterocycles. The van der Waals surface area contributed by atoms with Crippen molar-refractivity contribution in [3.8, 4) is 5.75 Å². The zero-order valence-electron chi connectivity index (χ0n) is 17.7. The van der Waals surface area contributed by atoms with E-state index in [4.69, 9.17) is 4.74 Å². The van der Waals surface area contributed by atoms with Crippen molar-refractivity contribution < 1.29 is 13.9 Å². The van der Waals surface area contributed by atoms with Crippen molar-refractivity contribution in [1.29, 1.82) is 0 Å². The van der Waals surface area contributed by atoms with Crippen LogP contribution in [-0.4, -0.2) is 74.9 Å². The van der Waals surface area contributed by atoms with Gasteiger partial charge in [0.1, 0.15) is 18.2 Å². The van der Waals surface area contributed by atoms with Gasteiger partial charge in [-0.25, -0.2) is 4.39 Å². The first-order valence-corrected chi connectivity index (χ1v) is 11.3. The molecule has 0 N–H and O–H groups in total. The van der Waals surface area contributed by atoms with Gasteiger partial charge >= 0.3 is 0 Å². The SMILES string of the molecule is CN(C)CCOc1ccccc1N1CCN(C(=O)CCSc2ccccc2F)CC1. The molecule has 0 bridgehead atoms. The number of halogens is 1. The number of amides is 1. The monoisotopic (exact) mass is 431 g/mol. The van der Waals surface area contributed by atoms with Gasteiger partial charge in [0.2, 0.25) is 5.91 Å². The van der Waals surface area contributed by atoms with Crippen LogP contribution < -0.4 is 9.64 Å². The topological polar surface area (TPSA) is 36.0 Å². The molecule has 2 aromatic rings. The number of rotatable bonds is 9. The maximum absolute atomic E-state index is 13.7. The molecule has 0 aliphatic carbocycles. The van der Waals surface area contributed by atoms with E-state index in [9.17, 15) is 9.18 Å². The number of piperazine rings is 1. The van der Waals surface area contributed by atoms with E-state index >= 15 is 0 Å². The van der Waals surface area contributed by atoms with Gasteiger partial charge in [0.05, 0.1) is 5.69 Å². The number of para-hydroxylation sites is 2. The molecule has 0 radical (unpaired) electrons. The van der Waals surface area contributed by atoms with E-state index in [1.54, 1.807) is 12.1 Å². The summed E-state index contributed by atoms with van der Waals surface area (Å²) in [5, 5.41) is 0. The lowest BCUT2D eigenvalue weighted by Gasteiger charge is -2.36. The summed E-state index contributed by atoms with van der Waals surface area (Å²) in [5.41, 5.74) is 1.08. The van der Waals surface area contributed by atoms with Crippen molar-refractivity contribution in [2.45, 2.75) is 11.3 Å². The Balaban J connectivity index is 1.46. The summed E-state index contributed by atoms with van der Waals surface area (Å²) in [5.74, 6) is 1.38. The third kappa shape index (κ3) is 6.37. The minimum absolute atomic E-state index is 0.133. The Labute approximate surface area is 182 Å². The number of hydrogen-bond acceptors (Lipinski definition) is 5. The smallest absolute Gasteiger partial charge is 0.223 e. The summed E-state index contributed by atoms with van der Waals surface area (Å²) in [4.78, 5) is 19.4. The van der Waals surface area contributed by atoms with Crippen molar-refractivity contribution in [2.24, 2.45) is 0 Å². The minimum atomic E-state index is -0.227. The Morgan fingerprint density at radius 3 is 2.50 bits per heavy atom. The second-order valence-corrected chi connectivity index (χ2v) is 8.65. The lowest BCUT2D eigenvalue weighted by Crippen LogP contribution is -2.49. The third-order valence-electron chi connectivity index (χ3n) is 5.04. The first-order valence-electron chi connectivity index (χ1n) is 10.3. The number of nitrogens with zero attached hydrogens (tertiary/aromatic N) is 3. The van der Waals surface area contributed by atoms with Crippen molar-refractivity contribution >= 4 is 23.4 Å². The van der Waals surface area contributed by atoms with Gasteiger partial charge in [-0.15, -0.1) is 11.8 Å². The van der Waals surface area contributed by atoms with Crippen LogP contribution >= 0.6 is 11.8 Å². The molecule has 2 aromatic carbocycles. The fourth-order valence-electron chi connectivity index (χ4n) is 3.34. The molecule has 7 heteroatoms. The Hall–Kier alpha value is -2.25. The van der Waals surface area contributed by atoms with Crippen LogP contribution in [0.4, 0.5) is 10.1 Å². The van der Waals surface area contributed by atoms with Crippen molar-refractivity contribution in [2.75, 3.05) is 64.1 Å². The molecule has 0 unspecified atom stereocenters. The fourth-order valence-corrected chi connectivity index (χ4v) is 4.22. The van der Waals surface area contributed by atoms with Gasteiger partial charge in [0.25, 0.3) is 0 Å². The van der Waals surface area contributed by atoms with Gasteiger partial charge in [0.15, 0.2) is 0 Å². The van der Waals surface area contributed by atoms with Gasteiger partial charge in [-0.1, -0.05) is 24.3 Å². The summed E-state index contributed by atoms with van der Waals surface area (Å²) in [6.45, 7) is 4.44. The van der Waals surface area contributed by atoms with E-state index in [1.165, 1.54) is 17.8 Å². The maximum Gasteiger partial charge on any atom is 0.223 e. The quantitative estimate of drug-likeness (QED) is 0.567. The second kappa shape index (κ2) is 11.2. The molecule has 0 atom stereocenters. The Bertz CT molecular complexity index is 826. The second-order valence-electron chi connectivity index (χ2n) is 7.52. The average Bonchev–Trinajstić information content (AvgIpc) is 2.75. The van der Waals surface area contributed by atoms with Crippen LogP contribution in [-0.2, 0) is 4.79 Å². The Morgan fingerprint density at radius 2 is 1.77 bits per heavy atom. The van der Waals surface area contributed by atoms with Crippen molar-refractivity contribution in [3.63, 3.8) is 0 Å². The molecular formula is C23H30FN3O2S. The van der Waals surface area contributed by atoms with Crippen LogP contribution in [0.1, 0.15) is 6.42 Å². The van der Waals surface area contributed by atoms with Crippen LogP contribution in [0.3, 0.4) is 0 Å². The number of likely N-dealkylation sites (N-methyl/N-ethyl adjacent to an activating group) is 1. The zero-order chi connectivity index (χ0) is 21.3. The molecule has 1 fully saturated rings. The molecular weight excluding hydrogens is 401 g/mol. The van der Waals surface area contributed by atoms with Gasteiger partial charge in [-0.05, 0) is 38.4 Å². The molecule has 162 valence electrons. The van der Waals surface area contributed by atoms with E-state index in [0.29, 0.717) is 36.8 Å². The highest BCUT2D eigenvalue weighted by Gasteiger charge is 2.22. The van der Waals surface area contributed by atoms with E-state index in [1.807, 2.05) is 43.3 Å². The summed E-state index contributed by atoms with van der Waals surface area (Å²) in [6, 6.07) is 14.8. The molecule has 0 spiro atoms. The lowest BCUT2D eigenvalue weighted by atomic mass is 10.2. The van der Waals surface area contributed by atoms with Gasteiger partial charge in [0, 0.05) is 49.8 Å². The highest BCUT2D eigenvalue weighted by molar-refractivity contribution is 7.99. The average molecular weight is 432 g/mol. The third-order valence-corrected chi connectivity index (χ3v) is 6.09. The molecule has 5 nitrogen and oxygen atoms in total. The molecule has 0 saturated carbocycles. The molecule has 30 heavy (non-hydrogen) atoms. The largest absolute Gasteiger partial charge is 0.490 e. The molecule has 1 aliphatic rings. The minimum Gasteiger partial charge on any atom is -0.490 e. The number of anilines is 1. The van der Waals surface area contributed by atoms with Gasteiger partial charge in [-0.3, -0.25) is 4.79 Å². The van der Waals surface area contributed by atoms with E-state index in [2.05, 4.69) is 15.9 Å². The van der Waals surface area contributed by atoms with E-state index < -0.39 is 0 Å². The molecule has 0 aromatic heterocycles. The number of thioether (sulfide) groups is 1. The maximum atomic E-state index is 13.7. The highest BCUT2D eigenvalue weighted by atomic mass is 32.2.